The summed E-state index contributed by atoms with van der Waals surface area (Å²) in [5, 5.41) is 9.51. The summed E-state index contributed by atoms with van der Waals surface area (Å²) >= 11 is 0. The Kier molecular flexibility index (Phi) is 4.77. The molecule has 0 saturated carbocycles. The Morgan fingerprint density at radius 2 is 2.24 bits per heavy atom. The highest BCUT2D eigenvalue weighted by atomic mass is 16.6. The number of aliphatic hydroxyl groups excluding tert-OH is 1. The van der Waals surface area contributed by atoms with Crippen LogP contribution < -0.4 is 0 Å². The molecular weight excluding hydrogens is 220 g/mol. The number of carbonyl (C=O) groups is 1. The fourth-order valence-corrected chi connectivity index (χ4v) is 2.41. The average Bonchev–Trinajstić information content (AvgIpc) is 2.63. The number of rotatable bonds is 4. The maximum atomic E-state index is 11.3. The summed E-state index contributed by atoms with van der Waals surface area (Å²) in [6.07, 6.45) is 2.53. The zero-order valence-corrected chi connectivity index (χ0v) is 11.3. The second-order valence-electron chi connectivity index (χ2n) is 5.01. The first-order valence-corrected chi connectivity index (χ1v) is 6.14. The number of amides is 1. The van der Waals surface area contributed by atoms with Gasteiger partial charge >= 0.3 is 6.09 Å². The lowest BCUT2D eigenvalue weighted by Crippen LogP contribution is -2.48. The number of hydrogen-bond donors (Lipinski definition) is 1. The molecule has 100 valence electrons. The second-order valence-corrected chi connectivity index (χ2v) is 5.01. The highest BCUT2D eigenvalue weighted by molar-refractivity contribution is 5.66. The molecule has 1 aliphatic heterocycles. The maximum absolute atomic E-state index is 11.3. The molecule has 0 bridgehead atoms. The van der Waals surface area contributed by atoms with Crippen LogP contribution in [0.3, 0.4) is 0 Å². The summed E-state index contributed by atoms with van der Waals surface area (Å²) in [6, 6.07) is 0.214. The van der Waals surface area contributed by atoms with Crippen LogP contribution in [0.25, 0.3) is 0 Å². The van der Waals surface area contributed by atoms with E-state index < -0.39 is 0 Å². The van der Waals surface area contributed by atoms with Gasteiger partial charge in [0.1, 0.15) is 6.61 Å². The molecule has 0 spiro atoms. The van der Waals surface area contributed by atoms with E-state index >= 15 is 0 Å². The first-order valence-electron chi connectivity index (χ1n) is 6.14. The molecule has 1 N–H and O–H groups in total. The van der Waals surface area contributed by atoms with Crippen molar-refractivity contribution in [1.82, 2.24) is 9.80 Å². The lowest BCUT2D eigenvalue weighted by atomic mass is 9.94. The van der Waals surface area contributed by atoms with Gasteiger partial charge in [-0.3, -0.25) is 4.90 Å². The predicted octanol–water partition coefficient (Wildman–Crippen LogP) is 0.920. The molecular formula is C12H24N2O3. The zero-order chi connectivity index (χ0) is 13.1. The molecule has 0 aromatic heterocycles. The third-order valence-corrected chi connectivity index (χ3v) is 3.96. The first-order chi connectivity index (χ1) is 7.96. The van der Waals surface area contributed by atoms with Gasteiger partial charge in [0.15, 0.2) is 0 Å². The Morgan fingerprint density at radius 3 is 2.65 bits per heavy atom. The zero-order valence-electron chi connectivity index (χ0n) is 11.3. The van der Waals surface area contributed by atoms with Crippen molar-refractivity contribution in [2.24, 2.45) is 0 Å². The number of aliphatic hydroxyl groups is 1. The molecule has 17 heavy (non-hydrogen) atoms. The Hall–Kier alpha value is -0.810. The largest absolute Gasteiger partial charge is 0.448 e. The van der Waals surface area contributed by atoms with Gasteiger partial charge < -0.3 is 14.7 Å². The van der Waals surface area contributed by atoms with Crippen LogP contribution in [0.2, 0.25) is 0 Å². The Balaban J connectivity index is 2.50. The third kappa shape index (κ3) is 2.90. The van der Waals surface area contributed by atoms with Crippen LogP contribution in [0.15, 0.2) is 0 Å². The molecule has 1 aliphatic rings. The molecule has 1 heterocycles. The molecule has 0 radical (unpaired) electrons. The van der Waals surface area contributed by atoms with Gasteiger partial charge in [-0.2, -0.15) is 0 Å². The number of likely N-dealkylation sites (N-methyl/N-ethyl adjacent to an activating group) is 1. The van der Waals surface area contributed by atoms with E-state index in [1.165, 1.54) is 4.90 Å². The Bertz CT molecular complexity index is 264. The summed E-state index contributed by atoms with van der Waals surface area (Å²) < 4.78 is 5.20. The molecule has 0 unspecified atom stereocenters. The van der Waals surface area contributed by atoms with Crippen molar-refractivity contribution in [2.75, 3.05) is 34.4 Å². The molecule has 1 saturated heterocycles. The van der Waals surface area contributed by atoms with Crippen molar-refractivity contribution in [3.05, 3.63) is 0 Å². The van der Waals surface area contributed by atoms with E-state index in [9.17, 15) is 9.90 Å². The number of ether oxygens (including phenoxy) is 1. The van der Waals surface area contributed by atoms with Crippen LogP contribution in [0.5, 0.6) is 0 Å². The van der Waals surface area contributed by atoms with Crippen LogP contribution in [-0.2, 0) is 4.74 Å². The third-order valence-electron chi connectivity index (χ3n) is 3.96. The summed E-state index contributed by atoms with van der Waals surface area (Å²) in [5.41, 5.74) is -0.130. The normalized spacial score (nSPS) is 29.4. The van der Waals surface area contributed by atoms with Crippen molar-refractivity contribution < 1.29 is 14.6 Å². The molecule has 1 rings (SSSR count). The van der Waals surface area contributed by atoms with Crippen LogP contribution in [0, 0.1) is 0 Å². The van der Waals surface area contributed by atoms with E-state index in [4.69, 9.17) is 4.74 Å². The van der Waals surface area contributed by atoms with Gasteiger partial charge in [-0.1, -0.05) is 6.92 Å². The molecule has 2 atom stereocenters. The summed E-state index contributed by atoms with van der Waals surface area (Å²) in [7, 11) is 5.34. The highest BCUT2D eigenvalue weighted by Gasteiger charge is 2.42. The lowest BCUT2D eigenvalue weighted by molar-refractivity contribution is 0.0334. The minimum atomic E-state index is -0.309. The molecule has 0 aliphatic carbocycles. The number of likely N-dealkylation sites (tertiary alicyclic amines) is 1. The summed E-state index contributed by atoms with van der Waals surface area (Å²) in [4.78, 5) is 14.9. The smallest absolute Gasteiger partial charge is 0.409 e. The minimum Gasteiger partial charge on any atom is -0.448 e. The van der Waals surface area contributed by atoms with Crippen LogP contribution in [-0.4, -0.2) is 66.9 Å². The number of carbonyl (C=O) groups excluding carboxylic acids is 1. The standard InChI is InChI=1S/C12H24N2O3/c1-5-12(9-15)7-6-10(14(12)4)8-17-11(16)13(2)3/h10,15H,5-9H2,1-4H3/t10-,12-/m1/s1. The maximum Gasteiger partial charge on any atom is 0.409 e. The molecule has 0 aromatic carbocycles. The molecule has 1 amide bonds. The number of nitrogens with zero attached hydrogens (tertiary/aromatic N) is 2. The van der Waals surface area contributed by atoms with E-state index in [0.717, 1.165) is 19.3 Å². The van der Waals surface area contributed by atoms with Crippen molar-refractivity contribution in [1.29, 1.82) is 0 Å². The first kappa shape index (κ1) is 14.3. The van der Waals surface area contributed by atoms with Gasteiger partial charge in [0.25, 0.3) is 0 Å². The van der Waals surface area contributed by atoms with Gasteiger partial charge in [0, 0.05) is 25.7 Å². The molecule has 1 fully saturated rings. The van der Waals surface area contributed by atoms with E-state index in [2.05, 4.69) is 11.8 Å². The molecule has 5 heteroatoms. The Morgan fingerprint density at radius 1 is 1.59 bits per heavy atom. The fraction of sp³-hybridized carbons (Fsp3) is 0.917. The molecule has 0 aromatic rings. The fourth-order valence-electron chi connectivity index (χ4n) is 2.41. The average molecular weight is 244 g/mol. The van der Waals surface area contributed by atoms with Crippen molar-refractivity contribution >= 4 is 6.09 Å². The van der Waals surface area contributed by atoms with Crippen LogP contribution in [0.1, 0.15) is 26.2 Å². The minimum absolute atomic E-state index is 0.130. The van der Waals surface area contributed by atoms with E-state index in [1.807, 2.05) is 7.05 Å². The van der Waals surface area contributed by atoms with Crippen LogP contribution in [0.4, 0.5) is 4.79 Å². The van der Waals surface area contributed by atoms with E-state index in [0.29, 0.717) is 6.61 Å². The second kappa shape index (κ2) is 5.69. The van der Waals surface area contributed by atoms with E-state index in [-0.39, 0.29) is 24.3 Å². The summed E-state index contributed by atoms with van der Waals surface area (Å²) in [5.74, 6) is 0. The van der Waals surface area contributed by atoms with Crippen molar-refractivity contribution in [3.63, 3.8) is 0 Å². The topological polar surface area (TPSA) is 53.0 Å². The molecule has 5 nitrogen and oxygen atoms in total. The van der Waals surface area contributed by atoms with E-state index in [1.54, 1.807) is 14.1 Å². The monoisotopic (exact) mass is 244 g/mol. The van der Waals surface area contributed by atoms with Gasteiger partial charge in [-0.25, -0.2) is 4.79 Å². The SMILES string of the molecule is CC[C@]1(CO)CC[C@H](COC(=O)N(C)C)N1C. The quantitative estimate of drug-likeness (QED) is 0.799. The van der Waals surface area contributed by atoms with Crippen molar-refractivity contribution in [2.45, 2.75) is 37.8 Å². The highest BCUT2D eigenvalue weighted by Crippen LogP contribution is 2.34. The van der Waals surface area contributed by atoms with Gasteiger partial charge in [0.05, 0.1) is 6.61 Å². The number of hydrogen-bond acceptors (Lipinski definition) is 4. The van der Waals surface area contributed by atoms with Gasteiger partial charge in [-0.15, -0.1) is 0 Å². The van der Waals surface area contributed by atoms with Gasteiger partial charge in [0.2, 0.25) is 0 Å². The lowest BCUT2D eigenvalue weighted by Gasteiger charge is -2.36. The Labute approximate surface area is 103 Å². The van der Waals surface area contributed by atoms with Crippen LogP contribution >= 0.6 is 0 Å². The van der Waals surface area contributed by atoms with Gasteiger partial charge in [-0.05, 0) is 26.3 Å². The summed E-state index contributed by atoms with van der Waals surface area (Å²) in [6.45, 7) is 2.65. The predicted molar refractivity (Wildman–Crippen MR) is 65.9 cm³/mol. The van der Waals surface area contributed by atoms with Crippen molar-refractivity contribution in [3.8, 4) is 0 Å².